The van der Waals surface area contributed by atoms with Crippen molar-refractivity contribution < 1.29 is 14.3 Å². The first kappa shape index (κ1) is 13.4. The van der Waals surface area contributed by atoms with Gasteiger partial charge in [-0.05, 0) is 18.2 Å². The summed E-state index contributed by atoms with van der Waals surface area (Å²) in [5.74, 6) is -0.644. The molecule has 6 nitrogen and oxygen atoms in total. The van der Waals surface area contributed by atoms with Crippen LogP contribution in [0.5, 0.6) is 5.88 Å². The van der Waals surface area contributed by atoms with Crippen LogP contribution in [0.1, 0.15) is 20.7 Å². The highest BCUT2D eigenvalue weighted by atomic mass is 35.5. The zero-order valence-corrected chi connectivity index (χ0v) is 11.7. The number of hydrogen-bond donors (Lipinski definition) is 1. The zero-order chi connectivity index (χ0) is 15.1. The number of nitrogens with zero attached hydrogens (tertiary/aromatic N) is 2. The topological polar surface area (TPSA) is 85.5 Å². The third-order valence-electron chi connectivity index (χ3n) is 3.21. The van der Waals surface area contributed by atoms with E-state index in [9.17, 15) is 9.59 Å². The summed E-state index contributed by atoms with van der Waals surface area (Å²) in [6.45, 7) is 0. The second-order valence-electron chi connectivity index (χ2n) is 4.39. The number of methoxy groups -OCH3 is 1. The first-order valence-electron chi connectivity index (χ1n) is 6.01. The number of hydrogen-bond acceptors (Lipinski definition) is 5. The van der Waals surface area contributed by atoms with Crippen molar-refractivity contribution in [3.63, 3.8) is 0 Å². The van der Waals surface area contributed by atoms with E-state index >= 15 is 0 Å². The van der Waals surface area contributed by atoms with Gasteiger partial charge in [0.25, 0.3) is 11.8 Å². The molecule has 21 heavy (non-hydrogen) atoms. The second-order valence-corrected chi connectivity index (χ2v) is 4.80. The van der Waals surface area contributed by atoms with Gasteiger partial charge in [0.2, 0.25) is 5.88 Å². The summed E-state index contributed by atoms with van der Waals surface area (Å²) >= 11 is 6.01. The van der Waals surface area contributed by atoms with E-state index in [0.717, 1.165) is 4.90 Å². The lowest BCUT2D eigenvalue weighted by molar-refractivity contribution is 0.0926. The highest BCUT2D eigenvalue weighted by molar-refractivity contribution is 6.43. The summed E-state index contributed by atoms with van der Waals surface area (Å²) in [6.07, 6.45) is 1.38. The number of halogens is 1. The number of rotatable bonds is 2. The molecule has 1 aliphatic rings. The smallest absolute Gasteiger partial charge is 0.268 e. The van der Waals surface area contributed by atoms with Crippen LogP contribution in [-0.2, 0) is 0 Å². The van der Waals surface area contributed by atoms with Gasteiger partial charge in [-0.2, -0.15) is 0 Å². The number of anilines is 2. The third kappa shape index (κ3) is 1.92. The number of carbonyl (C=O) groups is 2. The van der Waals surface area contributed by atoms with Crippen LogP contribution in [0.25, 0.3) is 0 Å². The Hall–Kier alpha value is -2.60. The number of pyridine rings is 1. The van der Waals surface area contributed by atoms with Crippen LogP contribution in [0.3, 0.4) is 0 Å². The first-order chi connectivity index (χ1) is 10.0. The molecule has 0 saturated heterocycles. The normalized spacial score (nSPS) is 13.5. The van der Waals surface area contributed by atoms with Crippen molar-refractivity contribution in [1.29, 1.82) is 0 Å². The molecule has 0 saturated carbocycles. The molecule has 1 aromatic carbocycles. The van der Waals surface area contributed by atoms with Gasteiger partial charge in [0.05, 0.1) is 35.1 Å². The van der Waals surface area contributed by atoms with E-state index in [-0.39, 0.29) is 21.8 Å². The quantitative estimate of drug-likeness (QED) is 0.678. The molecule has 2 aromatic rings. The van der Waals surface area contributed by atoms with E-state index < -0.39 is 11.8 Å². The Labute approximate surface area is 125 Å². The number of aromatic nitrogens is 1. The number of benzene rings is 1. The van der Waals surface area contributed by atoms with Crippen LogP contribution in [-0.4, -0.2) is 23.9 Å². The first-order valence-corrected chi connectivity index (χ1v) is 6.39. The fraction of sp³-hybridized carbons (Fsp3) is 0.0714. The highest BCUT2D eigenvalue weighted by Gasteiger charge is 2.40. The Bertz CT molecular complexity index is 718. The van der Waals surface area contributed by atoms with Crippen molar-refractivity contribution in [2.45, 2.75) is 0 Å². The average Bonchev–Trinajstić information content (AvgIpc) is 2.76. The van der Waals surface area contributed by atoms with Crippen LogP contribution in [0.4, 0.5) is 11.4 Å². The zero-order valence-electron chi connectivity index (χ0n) is 11.0. The Morgan fingerprint density at radius 2 is 1.86 bits per heavy atom. The SMILES string of the molecule is COc1ccc(N2C(=O)c3c(N)ccc(Cl)c3C2=O)cn1. The predicted molar refractivity (Wildman–Crippen MR) is 77.8 cm³/mol. The number of nitrogen functional groups attached to an aromatic ring is 1. The minimum Gasteiger partial charge on any atom is -0.481 e. The van der Waals surface area contributed by atoms with E-state index in [4.69, 9.17) is 22.1 Å². The molecule has 1 aromatic heterocycles. The molecule has 3 rings (SSSR count). The van der Waals surface area contributed by atoms with Gasteiger partial charge in [-0.25, -0.2) is 9.88 Å². The third-order valence-corrected chi connectivity index (χ3v) is 3.52. The number of amides is 2. The monoisotopic (exact) mass is 303 g/mol. The average molecular weight is 304 g/mol. The van der Waals surface area contributed by atoms with Crippen molar-refractivity contribution in [3.05, 3.63) is 46.6 Å². The molecular weight excluding hydrogens is 294 g/mol. The number of imide groups is 1. The lowest BCUT2D eigenvalue weighted by atomic mass is 10.1. The van der Waals surface area contributed by atoms with Crippen LogP contribution in [0, 0.1) is 0 Å². The lowest BCUT2D eigenvalue weighted by Gasteiger charge is -2.13. The molecule has 2 amide bonds. The van der Waals surface area contributed by atoms with Crippen molar-refractivity contribution in [1.82, 2.24) is 4.98 Å². The second kappa shape index (κ2) is 4.75. The summed E-state index contributed by atoms with van der Waals surface area (Å²) in [5, 5.41) is 0.196. The molecule has 0 unspecified atom stereocenters. The van der Waals surface area contributed by atoms with E-state index in [1.807, 2.05) is 0 Å². The van der Waals surface area contributed by atoms with Crippen LogP contribution in [0.15, 0.2) is 30.5 Å². The van der Waals surface area contributed by atoms with Crippen molar-refractivity contribution in [2.75, 3.05) is 17.7 Å². The Balaban J connectivity index is 2.11. The Kier molecular flexibility index (Phi) is 3.03. The van der Waals surface area contributed by atoms with Gasteiger partial charge in [0, 0.05) is 11.8 Å². The maximum Gasteiger partial charge on any atom is 0.268 e. The standard InChI is InChI=1S/C14H10ClN3O3/c1-21-10-5-2-7(6-17-10)18-13(19)11-8(15)3-4-9(16)12(11)14(18)20/h2-6H,16H2,1H3. The van der Waals surface area contributed by atoms with Crippen LogP contribution in [0.2, 0.25) is 5.02 Å². The number of carbonyl (C=O) groups excluding carboxylic acids is 2. The van der Waals surface area contributed by atoms with E-state index in [0.29, 0.717) is 11.6 Å². The highest BCUT2D eigenvalue weighted by Crippen LogP contribution is 2.35. The number of nitrogens with two attached hydrogens (primary N) is 1. The summed E-state index contributed by atoms with van der Waals surface area (Å²) in [6, 6.07) is 6.13. The van der Waals surface area contributed by atoms with Gasteiger partial charge in [-0.15, -0.1) is 0 Å². The Morgan fingerprint density at radius 1 is 1.14 bits per heavy atom. The number of fused-ring (bicyclic) bond motifs is 1. The van der Waals surface area contributed by atoms with Gasteiger partial charge in [-0.3, -0.25) is 9.59 Å². The minimum atomic E-state index is -0.515. The molecular formula is C14H10ClN3O3. The molecule has 0 spiro atoms. The lowest BCUT2D eigenvalue weighted by Crippen LogP contribution is -2.29. The van der Waals surface area contributed by atoms with Crippen molar-refractivity contribution >= 4 is 34.8 Å². The number of ether oxygens (including phenoxy) is 1. The van der Waals surface area contributed by atoms with E-state index in [2.05, 4.69) is 4.98 Å². The Morgan fingerprint density at radius 3 is 2.43 bits per heavy atom. The summed E-state index contributed by atoms with van der Waals surface area (Å²) in [4.78, 5) is 29.9. The largest absolute Gasteiger partial charge is 0.481 e. The summed E-state index contributed by atoms with van der Waals surface area (Å²) in [7, 11) is 1.48. The van der Waals surface area contributed by atoms with Gasteiger partial charge in [0.1, 0.15) is 0 Å². The van der Waals surface area contributed by atoms with Gasteiger partial charge >= 0.3 is 0 Å². The molecule has 0 radical (unpaired) electrons. The van der Waals surface area contributed by atoms with E-state index in [1.54, 1.807) is 12.1 Å². The van der Waals surface area contributed by atoms with Gasteiger partial charge in [0.15, 0.2) is 0 Å². The van der Waals surface area contributed by atoms with Crippen molar-refractivity contribution in [2.24, 2.45) is 0 Å². The fourth-order valence-electron chi connectivity index (χ4n) is 2.21. The minimum absolute atomic E-state index is 0.123. The van der Waals surface area contributed by atoms with Gasteiger partial charge in [-0.1, -0.05) is 11.6 Å². The maximum absolute atomic E-state index is 12.4. The van der Waals surface area contributed by atoms with E-state index in [1.165, 1.54) is 25.4 Å². The molecule has 0 bridgehead atoms. The van der Waals surface area contributed by atoms with Crippen molar-refractivity contribution in [3.8, 4) is 5.88 Å². The maximum atomic E-state index is 12.4. The molecule has 106 valence electrons. The summed E-state index contributed by atoms with van der Waals surface area (Å²) in [5.41, 5.74) is 6.59. The van der Waals surface area contributed by atoms with Crippen LogP contribution >= 0.6 is 11.6 Å². The molecule has 0 aliphatic carbocycles. The summed E-state index contributed by atoms with van der Waals surface area (Å²) < 4.78 is 4.94. The van der Waals surface area contributed by atoms with Gasteiger partial charge < -0.3 is 10.5 Å². The molecule has 1 aliphatic heterocycles. The molecule has 2 heterocycles. The molecule has 0 fully saturated rings. The molecule has 0 atom stereocenters. The molecule has 7 heteroatoms. The predicted octanol–water partition coefficient (Wildman–Crippen LogP) is 2.13. The molecule has 2 N–H and O–H groups in total. The fourth-order valence-corrected chi connectivity index (χ4v) is 2.45. The van der Waals surface area contributed by atoms with Crippen LogP contribution < -0.4 is 15.4 Å².